The zero-order valence-corrected chi connectivity index (χ0v) is 9.26. The fraction of sp³-hybridized carbons (Fsp3) is 0.0714. The van der Waals surface area contributed by atoms with Crippen LogP contribution < -0.4 is 5.32 Å². The molecule has 84 valence electrons. The Morgan fingerprint density at radius 3 is 2.82 bits per heavy atom. The first-order valence-corrected chi connectivity index (χ1v) is 5.53. The fourth-order valence-electron chi connectivity index (χ4n) is 1.89. The molecule has 0 radical (unpaired) electrons. The molecule has 0 bridgehead atoms. The summed E-state index contributed by atoms with van der Waals surface area (Å²) in [6, 6.07) is 14.6. The van der Waals surface area contributed by atoms with Crippen LogP contribution in [0.1, 0.15) is 5.56 Å². The molecule has 0 aliphatic rings. The summed E-state index contributed by atoms with van der Waals surface area (Å²) >= 11 is 0. The van der Waals surface area contributed by atoms with Crippen molar-refractivity contribution in [2.75, 3.05) is 5.32 Å². The first kappa shape index (κ1) is 9.90. The summed E-state index contributed by atoms with van der Waals surface area (Å²) in [5, 5.41) is 9.54. The molecule has 0 aliphatic heterocycles. The van der Waals surface area contributed by atoms with Gasteiger partial charge in [-0.15, -0.1) is 0 Å². The van der Waals surface area contributed by atoms with E-state index in [9.17, 15) is 0 Å². The number of hydrogen-bond donors (Lipinski definition) is 1. The maximum absolute atomic E-state index is 4.80. The summed E-state index contributed by atoms with van der Waals surface area (Å²) in [6.07, 6.45) is 3.37. The molecule has 0 atom stereocenters. The van der Waals surface area contributed by atoms with Crippen molar-refractivity contribution in [3.8, 4) is 0 Å². The molecule has 0 fully saturated rings. The number of rotatable bonds is 3. The fourth-order valence-corrected chi connectivity index (χ4v) is 1.89. The van der Waals surface area contributed by atoms with Crippen molar-refractivity contribution in [2.45, 2.75) is 6.54 Å². The molecule has 2 aromatic carbocycles. The lowest BCUT2D eigenvalue weighted by molar-refractivity contribution is 0.419. The molecule has 1 N–H and O–H groups in total. The minimum Gasteiger partial charge on any atom is -0.380 e. The molecule has 3 heteroatoms. The molecule has 0 spiro atoms. The van der Waals surface area contributed by atoms with Crippen LogP contribution >= 0.6 is 0 Å². The Balaban J connectivity index is 1.90. The Bertz CT molecular complexity index is 612. The summed E-state index contributed by atoms with van der Waals surface area (Å²) in [6.45, 7) is 0.720. The highest BCUT2D eigenvalue weighted by atomic mass is 16.5. The second kappa shape index (κ2) is 4.29. The van der Waals surface area contributed by atoms with Crippen LogP contribution in [0.4, 0.5) is 5.69 Å². The van der Waals surface area contributed by atoms with Crippen molar-refractivity contribution in [2.24, 2.45) is 0 Å². The molecule has 3 nitrogen and oxygen atoms in total. The number of anilines is 1. The van der Waals surface area contributed by atoms with Gasteiger partial charge in [-0.05, 0) is 11.5 Å². The van der Waals surface area contributed by atoms with Gasteiger partial charge in [0.2, 0.25) is 0 Å². The maximum Gasteiger partial charge on any atom is 0.128 e. The van der Waals surface area contributed by atoms with Crippen LogP contribution in [0.2, 0.25) is 0 Å². The largest absolute Gasteiger partial charge is 0.380 e. The molecule has 0 aliphatic carbocycles. The first-order valence-electron chi connectivity index (χ1n) is 5.53. The topological polar surface area (TPSA) is 38.1 Å². The highest BCUT2D eigenvalue weighted by molar-refractivity contribution is 5.93. The number of hydrogen-bond acceptors (Lipinski definition) is 3. The lowest BCUT2D eigenvalue weighted by Crippen LogP contribution is -1.98. The molecule has 1 heterocycles. The number of aromatic nitrogens is 1. The quantitative estimate of drug-likeness (QED) is 0.740. The number of nitrogens with zero attached hydrogens (tertiary/aromatic N) is 1. The Kier molecular flexibility index (Phi) is 2.50. The van der Waals surface area contributed by atoms with Gasteiger partial charge in [-0.2, -0.15) is 0 Å². The van der Waals surface area contributed by atoms with E-state index in [1.54, 1.807) is 12.5 Å². The van der Waals surface area contributed by atoms with E-state index in [2.05, 4.69) is 40.8 Å². The molecule has 0 saturated carbocycles. The lowest BCUT2D eigenvalue weighted by atomic mass is 10.1. The van der Waals surface area contributed by atoms with E-state index >= 15 is 0 Å². The molecule has 0 unspecified atom stereocenters. The van der Waals surface area contributed by atoms with Gasteiger partial charge in [0.15, 0.2) is 0 Å². The Morgan fingerprint density at radius 1 is 1.06 bits per heavy atom. The van der Waals surface area contributed by atoms with Gasteiger partial charge in [0.05, 0.1) is 6.20 Å². The minimum absolute atomic E-state index is 0.720. The molecule has 3 aromatic rings. The molecular formula is C14H12N2O. The summed E-state index contributed by atoms with van der Waals surface area (Å²) < 4.78 is 4.80. The number of benzene rings is 2. The van der Waals surface area contributed by atoms with Crippen molar-refractivity contribution >= 4 is 16.5 Å². The van der Waals surface area contributed by atoms with E-state index in [1.807, 2.05) is 12.1 Å². The van der Waals surface area contributed by atoms with Crippen LogP contribution in [-0.2, 0) is 6.54 Å². The second-order valence-corrected chi connectivity index (χ2v) is 3.91. The Hall–Kier alpha value is -2.29. The van der Waals surface area contributed by atoms with Gasteiger partial charge in [-0.3, -0.25) is 0 Å². The van der Waals surface area contributed by atoms with E-state index in [-0.39, 0.29) is 0 Å². The standard InChI is InChI=1S/C14H12N2O/c1-2-6-13-12(4-1)5-3-7-14(13)15-8-11-9-16-17-10-11/h1-7,9-10,15H,8H2. The molecular weight excluding hydrogens is 212 g/mol. The van der Waals surface area contributed by atoms with E-state index in [0.29, 0.717) is 0 Å². The van der Waals surface area contributed by atoms with Crippen LogP contribution in [0.5, 0.6) is 0 Å². The van der Waals surface area contributed by atoms with E-state index < -0.39 is 0 Å². The predicted molar refractivity (Wildman–Crippen MR) is 67.8 cm³/mol. The summed E-state index contributed by atoms with van der Waals surface area (Å²) in [5.74, 6) is 0. The average Bonchev–Trinajstić information content (AvgIpc) is 2.89. The average molecular weight is 224 g/mol. The van der Waals surface area contributed by atoms with Crippen LogP contribution in [0.25, 0.3) is 10.8 Å². The highest BCUT2D eigenvalue weighted by Gasteiger charge is 2.00. The third kappa shape index (κ3) is 1.99. The molecule has 17 heavy (non-hydrogen) atoms. The zero-order chi connectivity index (χ0) is 11.5. The van der Waals surface area contributed by atoms with Gasteiger partial charge in [0.25, 0.3) is 0 Å². The predicted octanol–water partition coefficient (Wildman–Crippen LogP) is 3.44. The van der Waals surface area contributed by atoms with Crippen LogP contribution in [0, 0.1) is 0 Å². The smallest absolute Gasteiger partial charge is 0.128 e. The molecule has 0 saturated heterocycles. The molecule has 3 rings (SSSR count). The monoisotopic (exact) mass is 224 g/mol. The summed E-state index contributed by atoms with van der Waals surface area (Å²) in [4.78, 5) is 0. The van der Waals surface area contributed by atoms with Gasteiger partial charge >= 0.3 is 0 Å². The Morgan fingerprint density at radius 2 is 1.94 bits per heavy atom. The minimum atomic E-state index is 0.720. The van der Waals surface area contributed by atoms with Gasteiger partial charge < -0.3 is 9.84 Å². The summed E-state index contributed by atoms with van der Waals surface area (Å²) in [7, 11) is 0. The van der Waals surface area contributed by atoms with Crippen molar-refractivity contribution < 1.29 is 4.52 Å². The molecule has 1 aromatic heterocycles. The SMILES string of the molecule is c1ccc2c(NCc3cnoc3)cccc2c1. The Labute approximate surface area is 99.1 Å². The van der Waals surface area contributed by atoms with Crippen LogP contribution in [0.3, 0.4) is 0 Å². The van der Waals surface area contributed by atoms with Gasteiger partial charge in [0, 0.05) is 23.2 Å². The van der Waals surface area contributed by atoms with Crippen LogP contribution in [0.15, 0.2) is 59.4 Å². The van der Waals surface area contributed by atoms with Gasteiger partial charge in [-0.25, -0.2) is 0 Å². The zero-order valence-electron chi connectivity index (χ0n) is 9.26. The third-order valence-electron chi connectivity index (χ3n) is 2.76. The number of nitrogens with one attached hydrogen (secondary N) is 1. The van der Waals surface area contributed by atoms with Gasteiger partial charge in [-0.1, -0.05) is 41.6 Å². The first-order chi connectivity index (χ1) is 8.43. The van der Waals surface area contributed by atoms with Crippen molar-refractivity contribution in [1.29, 1.82) is 0 Å². The van der Waals surface area contributed by atoms with Crippen molar-refractivity contribution in [3.05, 3.63) is 60.5 Å². The molecule has 0 amide bonds. The van der Waals surface area contributed by atoms with Crippen LogP contribution in [-0.4, -0.2) is 5.16 Å². The van der Waals surface area contributed by atoms with Crippen molar-refractivity contribution in [1.82, 2.24) is 5.16 Å². The second-order valence-electron chi connectivity index (χ2n) is 3.91. The highest BCUT2D eigenvalue weighted by Crippen LogP contribution is 2.23. The van der Waals surface area contributed by atoms with Gasteiger partial charge in [0.1, 0.15) is 6.26 Å². The van der Waals surface area contributed by atoms with E-state index in [0.717, 1.165) is 17.8 Å². The maximum atomic E-state index is 4.80. The summed E-state index contributed by atoms with van der Waals surface area (Å²) in [5.41, 5.74) is 2.17. The van der Waals surface area contributed by atoms with Crippen molar-refractivity contribution in [3.63, 3.8) is 0 Å². The third-order valence-corrected chi connectivity index (χ3v) is 2.76. The van der Waals surface area contributed by atoms with E-state index in [4.69, 9.17) is 4.52 Å². The number of fused-ring (bicyclic) bond motifs is 1. The van der Waals surface area contributed by atoms with E-state index in [1.165, 1.54) is 10.8 Å². The normalized spacial score (nSPS) is 10.6. The lowest BCUT2D eigenvalue weighted by Gasteiger charge is -2.08.